The zero-order valence-corrected chi connectivity index (χ0v) is 16.9. The minimum Gasteiger partial charge on any atom is -0.488 e. The van der Waals surface area contributed by atoms with E-state index < -0.39 is 11.7 Å². The Balaban J connectivity index is 1.81. The zero-order chi connectivity index (χ0) is 20.9. The van der Waals surface area contributed by atoms with Crippen LogP contribution in [0.4, 0.5) is 13.2 Å². The Morgan fingerprint density at radius 3 is 2.48 bits per heavy atom. The van der Waals surface area contributed by atoms with Gasteiger partial charge < -0.3 is 9.84 Å². The van der Waals surface area contributed by atoms with Crippen molar-refractivity contribution in [1.29, 1.82) is 0 Å². The molecule has 0 aliphatic carbocycles. The molecule has 1 N–H and O–H groups in total. The van der Waals surface area contributed by atoms with Gasteiger partial charge in [-0.3, -0.25) is 0 Å². The molecule has 0 bridgehead atoms. The topological polar surface area (TPSA) is 42.4 Å². The van der Waals surface area contributed by atoms with E-state index in [9.17, 15) is 13.2 Å². The molecule has 0 radical (unpaired) electrons. The molecule has 1 aromatic heterocycles. The zero-order valence-electron chi connectivity index (χ0n) is 15.4. The van der Waals surface area contributed by atoms with E-state index in [1.807, 2.05) is 0 Å². The van der Waals surface area contributed by atoms with E-state index in [1.54, 1.807) is 24.3 Å². The molecule has 0 aliphatic heterocycles. The number of aliphatic hydroxyl groups excluding tert-OH is 1. The molecule has 3 rings (SSSR count). The molecule has 0 spiro atoms. The van der Waals surface area contributed by atoms with E-state index in [-0.39, 0.29) is 13.2 Å². The highest BCUT2D eigenvalue weighted by molar-refractivity contribution is 7.15. The number of aromatic nitrogens is 1. The third-order valence-electron chi connectivity index (χ3n) is 4.23. The van der Waals surface area contributed by atoms with Crippen LogP contribution >= 0.6 is 22.9 Å². The summed E-state index contributed by atoms with van der Waals surface area (Å²) in [5, 5.41) is 10.2. The predicted octanol–water partition coefficient (Wildman–Crippen LogP) is 6.38. The van der Waals surface area contributed by atoms with Crippen molar-refractivity contribution in [3.63, 3.8) is 0 Å². The number of alkyl halides is 3. The van der Waals surface area contributed by atoms with Gasteiger partial charge >= 0.3 is 6.18 Å². The number of benzene rings is 2. The Bertz CT molecular complexity index is 942. The number of unbranched alkanes of at least 4 members (excludes halogenated alkanes) is 1. The Morgan fingerprint density at radius 2 is 1.83 bits per heavy atom. The first-order valence-corrected chi connectivity index (χ1v) is 10.2. The summed E-state index contributed by atoms with van der Waals surface area (Å²) < 4.78 is 44.2. The van der Waals surface area contributed by atoms with E-state index in [0.717, 1.165) is 29.1 Å². The molecule has 29 heavy (non-hydrogen) atoms. The molecular formula is C21H19ClF3NO2S. The summed E-state index contributed by atoms with van der Waals surface area (Å²) in [6.45, 7) is 0.386. The van der Waals surface area contributed by atoms with Gasteiger partial charge in [-0.25, -0.2) is 4.98 Å². The van der Waals surface area contributed by atoms with Crippen molar-refractivity contribution < 1.29 is 23.0 Å². The molecule has 0 atom stereocenters. The summed E-state index contributed by atoms with van der Waals surface area (Å²) >= 11 is 7.37. The van der Waals surface area contributed by atoms with E-state index in [0.29, 0.717) is 34.2 Å². The van der Waals surface area contributed by atoms with Gasteiger partial charge in [-0.05, 0) is 49.6 Å². The number of rotatable bonds is 8. The van der Waals surface area contributed by atoms with Gasteiger partial charge in [0.1, 0.15) is 17.4 Å². The fraction of sp³-hybridized carbons (Fsp3) is 0.286. The number of halogens is 4. The van der Waals surface area contributed by atoms with Crippen LogP contribution in [0.1, 0.15) is 29.0 Å². The second-order valence-corrected chi connectivity index (χ2v) is 7.91. The third-order valence-corrected chi connectivity index (χ3v) is 5.58. The summed E-state index contributed by atoms with van der Waals surface area (Å²) in [6, 6.07) is 12.0. The van der Waals surface area contributed by atoms with Crippen molar-refractivity contribution in [2.75, 3.05) is 6.61 Å². The smallest absolute Gasteiger partial charge is 0.416 e. The summed E-state index contributed by atoms with van der Waals surface area (Å²) in [7, 11) is 0. The highest BCUT2D eigenvalue weighted by Gasteiger charge is 2.30. The lowest BCUT2D eigenvalue weighted by Crippen LogP contribution is -2.03. The molecule has 3 nitrogen and oxygen atoms in total. The quantitative estimate of drug-likeness (QED) is 0.412. The molecule has 0 saturated carbocycles. The molecular weight excluding hydrogens is 423 g/mol. The largest absolute Gasteiger partial charge is 0.488 e. The summed E-state index contributed by atoms with van der Waals surface area (Å²) in [4.78, 5) is 5.52. The molecule has 0 aliphatic rings. The van der Waals surface area contributed by atoms with Crippen molar-refractivity contribution in [3.8, 4) is 16.3 Å². The minimum atomic E-state index is -4.37. The number of aliphatic hydroxyl groups is 1. The maximum Gasteiger partial charge on any atom is 0.416 e. The van der Waals surface area contributed by atoms with Gasteiger partial charge in [0.25, 0.3) is 0 Å². The standard InChI is InChI=1S/C21H19ClF3NO2S/c22-16-4-3-5-17(12-16)28-13-19-18(6-1-2-11-27)26-20(29-19)14-7-9-15(10-8-14)21(23,24)25/h3-5,7-10,12,27H,1-2,6,11,13H2. The van der Waals surface area contributed by atoms with Gasteiger partial charge in [-0.1, -0.05) is 29.8 Å². The van der Waals surface area contributed by atoms with Crippen LogP contribution in [0.3, 0.4) is 0 Å². The Labute approximate surface area is 175 Å². The van der Waals surface area contributed by atoms with Crippen LogP contribution < -0.4 is 4.74 Å². The fourth-order valence-electron chi connectivity index (χ4n) is 2.73. The molecule has 0 unspecified atom stereocenters. The molecule has 0 saturated heterocycles. The van der Waals surface area contributed by atoms with Crippen LogP contribution in [0.2, 0.25) is 5.02 Å². The average Bonchev–Trinajstić information content (AvgIpc) is 3.09. The molecule has 154 valence electrons. The normalized spacial score (nSPS) is 11.6. The van der Waals surface area contributed by atoms with Crippen molar-refractivity contribution in [2.24, 2.45) is 0 Å². The molecule has 3 aromatic rings. The van der Waals surface area contributed by atoms with Gasteiger partial charge in [0.05, 0.1) is 16.1 Å². The molecule has 1 heterocycles. The lowest BCUT2D eigenvalue weighted by atomic mass is 10.1. The Morgan fingerprint density at radius 1 is 1.07 bits per heavy atom. The number of aryl methyl sites for hydroxylation is 1. The van der Waals surface area contributed by atoms with Crippen molar-refractivity contribution in [1.82, 2.24) is 4.98 Å². The number of thiazole rings is 1. The van der Waals surface area contributed by atoms with Gasteiger partial charge in [-0.2, -0.15) is 13.2 Å². The molecule has 0 amide bonds. The SMILES string of the molecule is OCCCCc1nc(-c2ccc(C(F)(F)F)cc2)sc1COc1cccc(Cl)c1. The predicted molar refractivity (Wildman–Crippen MR) is 108 cm³/mol. The van der Waals surface area contributed by atoms with Crippen molar-refractivity contribution in [2.45, 2.75) is 32.0 Å². The van der Waals surface area contributed by atoms with E-state index in [1.165, 1.54) is 23.5 Å². The first-order valence-electron chi connectivity index (χ1n) is 9.02. The molecule has 8 heteroatoms. The highest BCUT2D eigenvalue weighted by Crippen LogP contribution is 2.34. The third kappa shape index (κ3) is 5.95. The van der Waals surface area contributed by atoms with E-state index >= 15 is 0 Å². The number of hydrogen-bond donors (Lipinski definition) is 1. The average molecular weight is 442 g/mol. The summed E-state index contributed by atoms with van der Waals surface area (Å²) in [5.41, 5.74) is 0.770. The van der Waals surface area contributed by atoms with Gasteiger partial charge in [0.2, 0.25) is 0 Å². The lowest BCUT2D eigenvalue weighted by molar-refractivity contribution is -0.137. The van der Waals surface area contributed by atoms with Crippen LogP contribution in [0, 0.1) is 0 Å². The fourth-order valence-corrected chi connectivity index (χ4v) is 3.93. The second kappa shape index (κ2) is 9.61. The molecule has 0 fully saturated rings. The minimum absolute atomic E-state index is 0.101. The maximum atomic E-state index is 12.8. The Kier molecular flexibility index (Phi) is 7.16. The highest BCUT2D eigenvalue weighted by atomic mass is 35.5. The second-order valence-electron chi connectivity index (χ2n) is 6.39. The lowest BCUT2D eigenvalue weighted by Gasteiger charge is -2.06. The van der Waals surface area contributed by atoms with Crippen molar-refractivity contribution >= 4 is 22.9 Å². The number of nitrogens with zero attached hydrogens (tertiary/aromatic N) is 1. The summed E-state index contributed by atoms with van der Waals surface area (Å²) in [6.07, 6.45) is -2.29. The van der Waals surface area contributed by atoms with Crippen LogP contribution in [0.15, 0.2) is 48.5 Å². The first kappa shape index (κ1) is 21.6. The van der Waals surface area contributed by atoms with Crippen LogP contribution in [-0.2, 0) is 19.2 Å². The van der Waals surface area contributed by atoms with Gasteiger partial charge in [0, 0.05) is 17.2 Å². The maximum absolute atomic E-state index is 12.8. The van der Waals surface area contributed by atoms with Crippen LogP contribution in [-0.4, -0.2) is 16.7 Å². The number of hydrogen-bond acceptors (Lipinski definition) is 4. The van der Waals surface area contributed by atoms with Gasteiger partial charge in [0.15, 0.2) is 0 Å². The van der Waals surface area contributed by atoms with E-state index in [2.05, 4.69) is 4.98 Å². The monoisotopic (exact) mass is 441 g/mol. The van der Waals surface area contributed by atoms with Crippen molar-refractivity contribution in [3.05, 3.63) is 69.7 Å². The van der Waals surface area contributed by atoms with Crippen LogP contribution in [0.25, 0.3) is 10.6 Å². The first-order chi connectivity index (χ1) is 13.9. The van der Waals surface area contributed by atoms with E-state index in [4.69, 9.17) is 21.4 Å². The molecule has 2 aromatic carbocycles. The van der Waals surface area contributed by atoms with Gasteiger partial charge in [-0.15, -0.1) is 11.3 Å². The van der Waals surface area contributed by atoms with Crippen LogP contribution in [0.5, 0.6) is 5.75 Å². The summed E-state index contributed by atoms with van der Waals surface area (Å²) in [5.74, 6) is 0.628. The Hall–Kier alpha value is -2.09. The number of ether oxygens (including phenoxy) is 1.